The molecule has 0 aliphatic carbocycles. The normalized spacial score (nSPS) is 10.0. The summed E-state index contributed by atoms with van der Waals surface area (Å²) in [5, 5.41) is 0. The van der Waals surface area contributed by atoms with Gasteiger partial charge in [-0.3, -0.25) is 9.59 Å². The maximum Gasteiger partial charge on any atom is 0.173 e. The van der Waals surface area contributed by atoms with Crippen LogP contribution in [0.2, 0.25) is 0 Å². The molecule has 0 unspecified atom stereocenters. The van der Waals surface area contributed by atoms with Gasteiger partial charge in [0, 0.05) is 6.07 Å². The van der Waals surface area contributed by atoms with E-state index < -0.39 is 35.2 Å². The molecule has 0 saturated heterocycles. The van der Waals surface area contributed by atoms with Crippen LogP contribution < -0.4 is 4.74 Å². The number of halogens is 2. The fourth-order valence-corrected chi connectivity index (χ4v) is 1.22. The van der Waals surface area contributed by atoms with Crippen molar-refractivity contribution >= 4 is 11.6 Å². The number of hydrogen-bond acceptors (Lipinski definition) is 3. The summed E-state index contributed by atoms with van der Waals surface area (Å²) in [6.45, 7) is 1.20. The highest BCUT2D eigenvalue weighted by Gasteiger charge is 2.17. The minimum atomic E-state index is -0.899. The molecule has 0 aliphatic heterocycles. The largest absolute Gasteiger partial charge is 0.494 e. The fraction of sp³-hybridized carbons (Fsp3) is 0.273. The number of carbonyl (C=O) groups excluding carboxylic acids is 2. The lowest BCUT2D eigenvalue weighted by Crippen LogP contribution is -2.08. The van der Waals surface area contributed by atoms with Crippen LogP contribution in [0, 0.1) is 11.6 Å². The molecule has 0 heterocycles. The van der Waals surface area contributed by atoms with Gasteiger partial charge in [0.2, 0.25) is 0 Å². The van der Waals surface area contributed by atoms with Crippen LogP contribution in [0.5, 0.6) is 5.75 Å². The molecule has 0 atom stereocenters. The quantitative estimate of drug-likeness (QED) is 0.585. The van der Waals surface area contributed by atoms with E-state index in [-0.39, 0.29) is 5.75 Å². The third kappa shape index (κ3) is 2.62. The summed E-state index contributed by atoms with van der Waals surface area (Å²) < 4.78 is 31.1. The predicted octanol–water partition coefficient (Wildman–Crippen LogP) is 2.14. The van der Waals surface area contributed by atoms with Crippen molar-refractivity contribution in [2.24, 2.45) is 0 Å². The van der Waals surface area contributed by atoms with E-state index in [9.17, 15) is 18.4 Å². The highest BCUT2D eigenvalue weighted by atomic mass is 19.1. The van der Waals surface area contributed by atoms with Gasteiger partial charge in [-0.15, -0.1) is 0 Å². The van der Waals surface area contributed by atoms with E-state index >= 15 is 0 Å². The molecule has 0 saturated carbocycles. The number of ether oxygens (including phenoxy) is 1. The maximum absolute atomic E-state index is 13.3. The van der Waals surface area contributed by atoms with Gasteiger partial charge in [-0.1, -0.05) is 0 Å². The van der Waals surface area contributed by atoms with Gasteiger partial charge >= 0.3 is 0 Å². The number of carbonyl (C=O) groups is 2. The first kappa shape index (κ1) is 12.3. The summed E-state index contributed by atoms with van der Waals surface area (Å²) >= 11 is 0. The highest BCUT2D eigenvalue weighted by Crippen LogP contribution is 2.22. The summed E-state index contributed by atoms with van der Waals surface area (Å²) in [5.74, 6) is -3.16. The molecule has 0 spiro atoms. The Morgan fingerprint density at radius 3 is 2.38 bits per heavy atom. The molecule has 1 aromatic rings. The van der Waals surface area contributed by atoms with Crippen molar-refractivity contribution in [2.75, 3.05) is 7.11 Å². The lowest BCUT2D eigenvalue weighted by Gasteiger charge is -2.05. The van der Waals surface area contributed by atoms with Gasteiger partial charge in [0.15, 0.2) is 17.3 Å². The molecule has 1 rings (SSSR count). The molecule has 5 heteroatoms. The first-order chi connectivity index (χ1) is 7.45. The van der Waals surface area contributed by atoms with Crippen LogP contribution in [-0.2, 0) is 4.79 Å². The zero-order chi connectivity index (χ0) is 12.3. The van der Waals surface area contributed by atoms with Crippen molar-refractivity contribution in [1.82, 2.24) is 0 Å². The maximum atomic E-state index is 13.3. The lowest BCUT2D eigenvalue weighted by molar-refractivity contribution is -0.116. The molecule has 1 aromatic carbocycles. The number of hydrogen-bond donors (Lipinski definition) is 0. The van der Waals surface area contributed by atoms with Crippen LogP contribution in [0.15, 0.2) is 12.1 Å². The van der Waals surface area contributed by atoms with Crippen LogP contribution in [0.25, 0.3) is 0 Å². The van der Waals surface area contributed by atoms with Crippen molar-refractivity contribution in [3.8, 4) is 5.75 Å². The van der Waals surface area contributed by atoms with Crippen LogP contribution in [0.4, 0.5) is 8.78 Å². The number of rotatable bonds is 4. The first-order valence-electron chi connectivity index (χ1n) is 4.51. The average Bonchev–Trinajstić information content (AvgIpc) is 2.19. The molecule has 0 amide bonds. The highest BCUT2D eigenvalue weighted by molar-refractivity contribution is 6.07. The summed E-state index contributed by atoms with van der Waals surface area (Å²) in [7, 11) is 1.19. The number of methoxy groups -OCH3 is 1. The minimum absolute atomic E-state index is 0.281. The standard InChI is InChI=1S/C11H10F2O3/c1-6(14)3-10(15)7-4-9(13)11(16-2)5-8(7)12/h4-5H,3H2,1-2H3. The van der Waals surface area contributed by atoms with Crippen LogP contribution >= 0.6 is 0 Å². The number of benzene rings is 1. The second-order valence-electron chi connectivity index (χ2n) is 3.27. The summed E-state index contributed by atoms with van der Waals surface area (Å²) in [4.78, 5) is 22.0. The summed E-state index contributed by atoms with van der Waals surface area (Å²) in [5.41, 5.74) is -0.437. The Hall–Kier alpha value is -1.78. The zero-order valence-corrected chi connectivity index (χ0v) is 8.84. The third-order valence-corrected chi connectivity index (χ3v) is 1.95. The Kier molecular flexibility index (Phi) is 3.71. The molecule has 0 radical (unpaired) electrons. The fourth-order valence-electron chi connectivity index (χ4n) is 1.22. The van der Waals surface area contributed by atoms with Gasteiger partial charge < -0.3 is 4.74 Å². The molecule has 0 aliphatic rings. The van der Waals surface area contributed by atoms with Crippen molar-refractivity contribution in [2.45, 2.75) is 13.3 Å². The second-order valence-corrected chi connectivity index (χ2v) is 3.27. The van der Waals surface area contributed by atoms with Gasteiger partial charge in [0.05, 0.1) is 19.1 Å². The van der Waals surface area contributed by atoms with E-state index in [1.165, 1.54) is 14.0 Å². The van der Waals surface area contributed by atoms with E-state index in [1.54, 1.807) is 0 Å². The first-order valence-corrected chi connectivity index (χ1v) is 4.51. The van der Waals surface area contributed by atoms with Gasteiger partial charge in [-0.25, -0.2) is 8.78 Å². The van der Waals surface area contributed by atoms with Crippen LogP contribution in [0.1, 0.15) is 23.7 Å². The third-order valence-electron chi connectivity index (χ3n) is 1.95. The molecule has 16 heavy (non-hydrogen) atoms. The average molecular weight is 228 g/mol. The molecule has 0 bridgehead atoms. The minimum Gasteiger partial charge on any atom is -0.494 e. The van der Waals surface area contributed by atoms with Crippen molar-refractivity contribution < 1.29 is 23.1 Å². The van der Waals surface area contributed by atoms with Gasteiger partial charge in [0.25, 0.3) is 0 Å². The molecule has 0 aromatic heterocycles. The predicted molar refractivity (Wildman–Crippen MR) is 52.5 cm³/mol. The van der Waals surface area contributed by atoms with Crippen molar-refractivity contribution in [1.29, 1.82) is 0 Å². The van der Waals surface area contributed by atoms with Gasteiger partial charge in [-0.2, -0.15) is 0 Å². The number of Topliss-reactive ketones (excluding diaryl/α,β-unsaturated/α-hetero) is 2. The molecule has 3 nitrogen and oxygen atoms in total. The van der Waals surface area contributed by atoms with E-state index in [1.807, 2.05) is 0 Å². The topological polar surface area (TPSA) is 43.4 Å². The molecular weight excluding hydrogens is 218 g/mol. The van der Waals surface area contributed by atoms with E-state index in [0.29, 0.717) is 0 Å². The number of ketones is 2. The molecule has 0 fully saturated rings. The summed E-state index contributed by atoms with van der Waals surface area (Å²) in [6.07, 6.45) is -0.442. The van der Waals surface area contributed by atoms with Gasteiger partial charge in [0.1, 0.15) is 11.6 Å². The Balaban J connectivity index is 3.10. The van der Waals surface area contributed by atoms with Gasteiger partial charge in [-0.05, 0) is 13.0 Å². The zero-order valence-electron chi connectivity index (χ0n) is 8.84. The lowest BCUT2D eigenvalue weighted by atomic mass is 10.1. The molecule has 0 N–H and O–H groups in total. The monoisotopic (exact) mass is 228 g/mol. The Bertz CT molecular complexity index is 441. The van der Waals surface area contributed by atoms with Crippen LogP contribution in [-0.4, -0.2) is 18.7 Å². The Morgan fingerprint density at radius 1 is 1.25 bits per heavy atom. The van der Waals surface area contributed by atoms with E-state index in [4.69, 9.17) is 0 Å². The Labute approximate surface area is 91.0 Å². The van der Waals surface area contributed by atoms with Crippen LogP contribution in [0.3, 0.4) is 0 Å². The molecule has 86 valence electrons. The molecular formula is C11H10F2O3. The second kappa shape index (κ2) is 4.83. The van der Waals surface area contributed by atoms with E-state index in [0.717, 1.165) is 12.1 Å². The summed E-state index contributed by atoms with van der Waals surface area (Å²) in [6, 6.07) is 1.52. The Morgan fingerprint density at radius 2 is 1.88 bits per heavy atom. The van der Waals surface area contributed by atoms with Crippen molar-refractivity contribution in [3.05, 3.63) is 29.3 Å². The van der Waals surface area contributed by atoms with E-state index in [2.05, 4.69) is 4.74 Å². The SMILES string of the molecule is COc1cc(F)c(C(=O)CC(C)=O)cc1F. The van der Waals surface area contributed by atoms with Crippen molar-refractivity contribution in [3.63, 3.8) is 0 Å². The smallest absolute Gasteiger partial charge is 0.173 e.